The lowest BCUT2D eigenvalue weighted by Crippen LogP contribution is -2.17. The number of furan rings is 1. The minimum absolute atomic E-state index is 0.332. The smallest absolute Gasteiger partial charge is 0.138 e. The van der Waals surface area contributed by atoms with Crippen molar-refractivity contribution in [3.63, 3.8) is 0 Å². The van der Waals surface area contributed by atoms with Gasteiger partial charge in [0.15, 0.2) is 0 Å². The molecule has 3 rings (SSSR count). The van der Waals surface area contributed by atoms with E-state index in [2.05, 4.69) is 35.2 Å². The number of hydrogen-bond donors (Lipinski definition) is 1. The van der Waals surface area contributed by atoms with Crippen LogP contribution in [-0.2, 0) is 12.8 Å². The third-order valence-electron chi connectivity index (χ3n) is 3.52. The number of thiophene rings is 1. The average Bonchev–Trinajstić information content (AvgIpc) is 3.14. The van der Waals surface area contributed by atoms with Gasteiger partial charge in [0.25, 0.3) is 0 Å². The molecule has 0 spiro atoms. The molecule has 3 heterocycles. The monoisotopic (exact) mass is 301 g/mol. The van der Waals surface area contributed by atoms with Gasteiger partial charge < -0.3 is 9.73 Å². The molecule has 0 bridgehead atoms. The second-order valence-corrected chi connectivity index (χ2v) is 6.29. The van der Waals surface area contributed by atoms with Crippen molar-refractivity contribution in [2.45, 2.75) is 39.2 Å². The van der Waals surface area contributed by atoms with E-state index in [1.54, 1.807) is 23.9 Å². The molecular weight excluding hydrogens is 282 g/mol. The van der Waals surface area contributed by atoms with Crippen LogP contribution in [0.15, 0.2) is 35.2 Å². The summed E-state index contributed by atoms with van der Waals surface area (Å²) in [5, 5.41) is 4.63. The Bertz CT molecular complexity index is 705. The van der Waals surface area contributed by atoms with E-state index in [0.29, 0.717) is 6.04 Å². The van der Waals surface area contributed by atoms with Gasteiger partial charge in [-0.25, -0.2) is 9.97 Å². The highest BCUT2D eigenvalue weighted by atomic mass is 32.1. The summed E-state index contributed by atoms with van der Waals surface area (Å²) in [7, 11) is 0. The first-order valence-electron chi connectivity index (χ1n) is 7.28. The van der Waals surface area contributed by atoms with Gasteiger partial charge in [-0.05, 0) is 38.0 Å². The molecule has 0 saturated heterocycles. The van der Waals surface area contributed by atoms with Gasteiger partial charge in [0.1, 0.15) is 22.7 Å². The standard InChI is InChI=1S/C16H19N3OS/c1-3-13-9-14-15(17-10-18-16(14)21-13)19-11(2)6-7-12-5-4-8-20-12/h4-5,8-11H,3,6-7H2,1-2H3,(H,17,18,19)/t11-/m0/s1. The summed E-state index contributed by atoms with van der Waals surface area (Å²) in [4.78, 5) is 11.2. The molecule has 1 N–H and O–H groups in total. The highest BCUT2D eigenvalue weighted by molar-refractivity contribution is 7.18. The van der Waals surface area contributed by atoms with Crippen LogP contribution in [-0.4, -0.2) is 16.0 Å². The number of nitrogens with one attached hydrogen (secondary N) is 1. The Morgan fingerprint density at radius 1 is 1.38 bits per heavy atom. The van der Waals surface area contributed by atoms with Crippen LogP contribution in [0.4, 0.5) is 5.82 Å². The maximum atomic E-state index is 5.37. The second kappa shape index (κ2) is 6.26. The summed E-state index contributed by atoms with van der Waals surface area (Å²) in [6.07, 6.45) is 6.33. The minimum atomic E-state index is 0.332. The highest BCUT2D eigenvalue weighted by Crippen LogP contribution is 2.28. The predicted molar refractivity (Wildman–Crippen MR) is 86.9 cm³/mol. The molecule has 3 aromatic rings. The average molecular weight is 301 g/mol. The first-order chi connectivity index (χ1) is 10.3. The van der Waals surface area contributed by atoms with Crippen LogP contribution in [0.1, 0.15) is 30.9 Å². The van der Waals surface area contributed by atoms with Crippen molar-refractivity contribution in [1.29, 1.82) is 0 Å². The molecule has 0 amide bonds. The molecule has 0 radical (unpaired) electrons. The molecule has 0 fully saturated rings. The van der Waals surface area contributed by atoms with E-state index < -0.39 is 0 Å². The summed E-state index contributed by atoms with van der Waals surface area (Å²) >= 11 is 1.74. The van der Waals surface area contributed by atoms with Gasteiger partial charge in [0, 0.05) is 17.3 Å². The quantitative estimate of drug-likeness (QED) is 0.738. The Kier molecular flexibility index (Phi) is 4.20. The van der Waals surface area contributed by atoms with Gasteiger partial charge in [-0.2, -0.15) is 0 Å². The maximum Gasteiger partial charge on any atom is 0.138 e. The Hall–Kier alpha value is -1.88. The molecule has 3 aromatic heterocycles. The third kappa shape index (κ3) is 3.24. The largest absolute Gasteiger partial charge is 0.469 e. The SMILES string of the molecule is CCc1cc2c(N[C@@H](C)CCc3ccco3)ncnc2s1. The summed E-state index contributed by atoms with van der Waals surface area (Å²) < 4.78 is 5.37. The van der Waals surface area contributed by atoms with E-state index >= 15 is 0 Å². The van der Waals surface area contributed by atoms with Crippen LogP contribution in [0.3, 0.4) is 0 Å². The van der Waals surface area contributed by atoms with Crippen molar-refractivity contribution in [3.8, 4) is 0 Å². The van der Waals surface area contributed by atoms with Crippen LogP contribution < -0.4 is 5.32 Å². The topological polar surface area (TPSA) is 51.0 Å². The lowest BCUT2D eigenvalue weighted by molar-refractivity contribution is 0.495. The van der Waals surface area contributed by atoms with E-state index in [-0.39, 0.29) is 0 Å². The van der Waals surface area contributed by atoms with Crippen molar-refractivity contribution in [3.05, 3.63) is 41.4 Å². The molecule has 0 aliphatic rings. The lowest BCUT2D eigenvalue weighted by Gasteiger charge is -2.14. The lowest BCUT2D eigenvalue weighted by atomic mass is 10.1. The number of hydrogen-bond acceptors (Lipinski definition) is 5. The number of anilines is 1. The zero-order valence-electron chi connectivity index (χ0n) is 12.3. The van der Waals surface area contributed by atoms with Gasteiger partial charge in [-0.1, -0.05) is 6.92 Å². The first-order valence-corrected chi connectivity index (χ1v) is 8.10. The molecule has 21 heavy (non-hydrogen) atoms. The van der Waals surface area contributed by atoms with E-state index in [0.717, 1.165) is 41.1 Å². The molecule has 5 heteroatoms. The molecule has 1 atom stereocenters. The predicted octanol–water partition coefficient (Wildman–Crippen LogP) is 4.28. The Morgan fingerprint density at radius 3 is 3.05 bits per heavy atom. The van der Waals surface area contributed by atoms with Gasteiger partial charge in [-0.15, -0.1) is 11.3 Å². The fourth-order valence-corrected chi connectivity index (χ4v) is 3.25. The molecule has 0 aliphatic heterocycles. The highest BCUT2D eigenvalue weighted by Gasteiger charge is 2.11. The van der Waals surface area contributed by atoms with Gasteiger partial charge in [0.2, 0.25) is 0 Å². The van der Waals surface area contributed by atoms with E-state index in [1.165, 1.54) is 4.88 Å². The van der Waals surface area contributed by atoms with Crippen molar-refractivity contribution in [1.82, 2.24) is 9.97 Å². The Balaban J connectivity index is 1.70. The first kappa shape index (κ1) is 14.1. The Morgan fingerprint density at radius 2 is 2.29 bits per heavy atom. The van der Waals surface area contributed by atoms with E-state index in [4.69, 9.17) is 4.42 Å². The normalized spacial score (nSPS) is 12.7. The second-order valence-electron chi connectivity index (χ2n) is 5.17. The van der Waals surface area contributed by atoms with E-state index in [1.807, 2.05) is 12.1 Å². The van der Waals surface area contributed by atoms with Crippen LogP contribution in [0, 0.1) is 0 Å². The summed E-state index contributed by atoms with van der Waals surface area (Å²) in [5.74, 6) is 1.96. The van der Waals surface area contributed by atoms with Gasteiger partial charge >= 0.3 is 0 Å². The van der Waals surface area contributed by atoms with Crippen LogP contribution in [0.2, 0.25) is 0 Å². The molecule has 0 aromatic carbocycles. The van der Waals surface area contributed by atoms with Crippen LogP contribution >= 0.6 is 11.3 Å². The number of aryl methyl sites for hydroxylation is 2. The number of rotatable bonds is 6. The zero-order chi connectivity index (χ0) is 14.7. The van der Waals surface area contributed by atoms with Crippen LogP contribution in [0.5, 0.6) is 0 Å². The van der Waals surface area contributed by atoms with Crippen LogP contribution in [0.25, 0.3) is 10.2 Å². The van der Waals surface area contributed by atoms with Crippen molar-refractivity contribution < 1.29 is 4.42 Å². The van der Waals surface area contributed by atoms with Gasteiger partial charge in [-0.3, -0.25) is 0 Å². The Labute approximate surface area is 128 Å². The molecule has 0 saturated carbocycles. The molecule has 110 valence electrons. The fourth-order valence-electron chi connectivity index (χ4n) is 2.31. The van der Waals surface area contributed by atoms with Crippen molar-refractivity contribution in [2.75, 3.05) is 5.32 Å². The molecular formula is C16H19N3OS. The maximum absolute atomic E-state index is 5.37. The summed E-state index contributed by atoms with van der Waals surface area (Å²) in [6, 6.07) is 6.47. The minimum Gasteiger partial charge on any atom is -0.469 e. The molecule has 0 aliphatic carbocycles. The molecule has 0 unspecified atom stereocenters. The van der Waals surface area contributed by atoms with Gasteiger partial charge in [0.05, 0.1) is 11.6 Å². The summed E-state index contributed by atoms with van der Waals surface area (Å²) in [5.41, 5.74) is 0. The number of nitrogens with zero attached hydrogens (tertiary/aromatic N) is 2. The number of aromatic nitrogens is 2. The zero-order valence-corrected chi connectivity index (χ0v) is 13.1. The number of fused-ring (bicyclic) bond motifs is 1. The fraction of sp³-hybridized carbons (Fsp3) is 0.375. The molecule has 4 nitrogen and oxygen atoms in total. The van der Waals surface area contributed by atoms with E-state index in [9.17, 15) is 0 Å². The summed E-state index contributed by atoms with van der Waals surface area (Å²) in [6.45, 7) is 4.33. The van der Waals surface area contributed by atoms with Crippen molar-refractivity contribution >= 4 is 27.4 Å². The third-order valence-corrected chi connectivity index (χ3v) is 4.70. The van der Waals surface area contributed by atoms with Crippen molar-refractivity contribution in [2.24, 2.45) is 0 Å².